The normalized spacial score (nSPS) is 9.64. The summed E-state index contributed by atoms with van der Waals surface area (Å²) in [6.45, 7) is 2.53. The molecule has 0 aromatic carbocycles. The quantitative estimate of drug-likeness (QED) is 0.507. The molecular formula is C7H13N5O2. The maximum atomic E-state index is 5.20. The van der Waals surface area contributed by atoms with Crippen LogP contribution in [0.25, 0.3) is 0 Å². The number of nitrogens with zero attached hydrogens (tertiary/aromatic N) is 3. The van der Waals surface area contributed by atoms with Gasteiger partial charge < -0.3 is 9.47 Å². The molecule has 0 radical (unpaired) electrons. The first-order valence-electron chi connectivity index (χ1n) is 4.19. The summed E-state index contributed by atoms with van der Waals surface area (Å²) in [5.74, 6) is 5.37. The second-order valence-electron chi connectivity index (χ2n) is 2.42. The fraction of sp³-hybridized carbons (Fsp3) is 0.571. The Morgan fingerprint density at radius 3 is 2.57 bits per heavy atom. The number of hydrogen-bond acceptors (Lipinski definition) is 7. The molecule has 3 N–H and O–H groups in total. The largest absolute Gasteiger partial charge is 0.467 e. The second-order valence-corrected chi connectivity index (χ2v) is 2.42. The van der Waals surface area contributed by atoms with Crippen LogP contribution in [0.1, 0.15) is 13.3 Å². The molecule has 0 bridgehead atoms. The zero-order chi connectivity index (χ0) is 10.4. The molecule has 7 nitrogen and oxygen atoms in total. The lowest BCUT2D eigenvalue weighted by molar-refractivity contribution is 0.281. The molecule has 0 unspecified atom stereocenters. The maximum Gasteiger partial charge on any atom is 0.324 e. The Morgan fingerprint density at radius 2 is 2.00 bits per heavy atom. The summed E-state index contributed by atoms with van der Waals surface area (Å²) in [7, 11) is 1.46. The smallest absolute Gasteiger partial charge is 0.324 e. The number of anilines is 1. The summed E-state index contributed by atoms with van der Waals surface area (Å²) in [4.78, 5) is 11.6. The molecule has 0 amide bonds. The van der Waals surface area contributed by atoms with E-state index in [1.54, 1.807) is 0 Å². The van der Waals surface area contributed by atoms with Crippen LogP contribution in [0.2, 0.25) is 0 Å². The van der Waals surface area contributed by atoms with Gasteiger partial charge in [0.2, 0.25) is 5.95 Å². The molecule has 78 valence electrons. The molecule has 7 heteroatoms. The first-order chi connectivity index (χ1) is 6.80. The lowest BCUT2D eigenvalue weighted by atomic mass is 10.5. The van der Waals surface area contributed by atoms with E-state index in [-0.39, 0.29) is 18.0 Å². The van der Waals surface area contributed by atoms with Gasteiger partial charge in [-0.15, -0.1) is 4.98 Å². The third-order valence-corrected chi connectivity index (χ3v) is 1.34. The van der Waals surface area contributed by atoms with Crippen molar-refractivity contribution in [2.24, 2.45) is 5.84 Å². The van der Waals surface area contributed by atoms with Gasteiger partial charge in [0.05, 0.1) is 13.7 Å². The van der Waals surface area contributed by atoms with E-state index in [9.17, 15) is 0 Å². The molecular weight excluding hydrogens is 186 g/mol. The average Bonchev–Trinajstić information content (AvgIpc) is 2.25. The lowest BCUT2D eigenvalue weighted by Crippen LogP contribution is -2.13. The van der Waals surface area contributed by atoms with Crippen molar-refractivity contribution in [1.82, 2.24) is 15.0 Å². The number of nitrogen functional groups attached to an aromatic ring is 1. The van der Waals surface area contributed by atoms with Gasteiger partial charge >= 0.3 is 12.0 Å². The Hall–Kier alpha value is -1.63. The van der Waals surface area contributed by atoms with E-state index in [1.807, 2.05) is 6.92 Å². The van der Waals surface area contributed by atoms with Gasteiger partial charge in [-0.3, -0.25) is 5.43 Å². The summed E-state index contributed by atoms with van der Waals surface area (Å²) in [6, 6.07) is 0.366. The highest BCUT2D eigenvalue weighted by Gasteiger charge is 2.05. The maximum absolute atomic E-state index is 5.20. The van der Waals surface area contributed by atoms with Crippen LogP contribution in [0.4, 0.5) is 5.95 Å². The number of aromatic nitrogens is 3. The third kappa shape index (κ3) is 2.70. The molecule has 1 rings (SSSR count). The summed E-state index contributed by atoms with van der Waals surface area (Å²) < 4.78 is 10.0. The zero-order valence-electron chi connectivity index (χ0n) is 8.15. The molecule has 1 aromatic heterocycles. The summed E-state index contributed by atoms with van der Waals surface area (Å²) >= 11 is 0. The van der Waals surface area contributed by atoms with E-state index in [2.05, 4.69) is 20.4 Å². The minimum atomic E-state index is 0.166. The predicted octanol–water partition coefficient (Wildman–Crippen LogP) is -0.0454. The highest BCUT2D eigenvalue weighted by atomic mass is 16.5. The van der Waals surface area contributed by atoms with Crippen molar-refractivity contribution in [3.8, 4) is 12.0 Å². The Morgan fingerprint density at radius 1 is 1.29 bits per heavy atom. The molecule has 0 aliphatic heterocycles. The van der Waals surface area contributed by atoms with Gasteiger partial charge in [-0.25, -0.2) is 5.84 Å². The SMILES string of the molecule is CCCOc1nc(NN)nc(OC)n1. The first kappa shape index (κ1) is 10.5. The van der Waals surface area contributed by atoms with Crippen LogP contribution in [-0.4, -0.2) is 28.7 Å². The molecule has 0 aliphatic rings. The Bertz CT molecular complexity index is 271. The Kier molecular flexibility index (Phi) is 3.86. The van der Waals surface area contributed by atoms with E-state index in [0.29, 0.717) is 6.61 Å². The summed E-state index contributed by atoms with van der Waals surface area (Å²) in [5, 5.41) is 0. The van der Waals surface area contributed by atoms with Gasteiger partial charge in [0.15, 0.2) is 0 Å². The van der Waals surface area contributed by atoms with Crippen LogP contribution >= 0.6 is 0 Å². The molecule has 0 spiro atoms. The van der Waals surface area contributed by atoms with Crippen molar-refractivity contribution in [3.63, 3.8) is 0 Å². The van der Waals surface area contributed by atoms with Crippen molar-refractivity contribution in [1.29, 1.82) is 0 Å². The fourth-order valence-electron chi connectivity index (χ4n) is 0.752. The third-order valence-electron chi connectivity index (χ3n) is 1.34. The van der Waals surface area contributed by atoms with E-state index in [0.717, 1.165) is 6.42 Å². The number of hydrogen-bond donors (Lipinski definition) is 2. The number of methoxy groups -OCH3 is 1. The minimum Gasteiger partial charge on any atom is -0.467 e. The van der Waals surface area contributed by atoms with Crippen molar-refractivity contribution in [3.05, 3.63) is 0 Å². The van der Waals surface area contributed by atoms with Crippen LogP contribution in [0.15, 0.2) is 0 Å². The second kappa shape index (κ2) is 5.18. The lowest BCUT2D eigenvalue weighted by Gasteiger charge is -2.05. The summed E-state index contributed by atoms with van der Waals surface area (Å²) in [6.07, 6.45) is 0.874. The molecule has 0 fully saturated rings. The Labute approximate surface area is 81.6 Å². The molecule has 14 heavy (non-hydrogen) atoms. The number of ether oxygens (including phenoxy) is 2. The van der Waals surface area contributed by atoms with Crippen molar-refractivity contribution < 1.29 is 9.47 Å². The Balaban J connectivity index is 2.81. The van der Waals surface area contributed by atoms with Crippen LogP contribution in [0, 0.1) is 0 Å². The number of hydrazine groups is 1. The van der Waals surface area contributed by atoms with E-state index in [1.165, 1.54) is 7.11 Å². The standard InChI is InChI=1S/C7H13N5O2/c1-3-4-14-7-10-5(12-8)9-6(11-7)13-2/h3-4,8H2,1-2H3,(H,9,10,11,12). The predicted molar refractivity (Wildman–Crippen MR) is 50.0 cm³/mol. The molecule has 0 saturated heterocycles. The van der Waals surface area contributed by atoms with Crippen LogP contribution in [0.3, 0.4) is 0 Å². The van der Waals surface area contributed by atoms with E-state index in [4.69, 9.17) is 15.3 Å². The van der Waals surface area contributed by atoms with Crippen LogP contribution in [-0.2, 0) is 0 Å². The molecule has 0 aliphatic carbocycles. The van der Waals surface area contributed by atoms with Gasteiger partial charge in [0.25, 0.3) is 0 Å². The number of nitrogens with two attached hydrogens (primary N) is 1. The minimum absolute atomic E-state index is 0.166. The van der Waals surface area contributed by atoms with E-state index >= 15 is 0 Å². The molecule has 0 atom stereocenters. The number of rotatable bonds is 5. The molecule has 0 saturated carbocycles. The number of nitrogens with one attached hydrogen (secondary N) is 1. The summed E-state index contributed by atoms with van der Waals surface area (Å²) in [5.41, 5.74) is 2.30. The molecule has 1 heterocycles. The van der Waals surface area contributed by atoms with Crippen molar-refractivity contribution in [2.45, 2.75) is 13.3 Å². The van der Waals surface area contributed by atoms with Crippen molar-refractivity contribution >= 4 is 5.95 Å². The highest BCUT2D eigenvalue weighted by Crippen LogP contribution is 2.11. The monoisotopic (exact) mass is 199 g/mol. The van der Waals surface area contributed by atoms with Crippen LogP contribution in [0.5, 0.6) is 12.0 Å². The van der Waals surface area contributed by atoms with Gasteiger partial charge in [-0.2, -0.15) is 9.97 Å². The fourth-order valence-corrected chi connectivity index (χ4v) is 0.752. The van der Waals surface area contributed by atoms with Crippen LogP contribution < -0.4 is 20.7 Å². The van der Waals surface area contributed by atoms with Gasteiger partial charge in [-0.1, -0.05) is 6.92 Å². The average molecular weight is 199 g/mol. The van der Waals surface area contributed by atoms with Gasteiger partial charge in [-0.05, 0) is 6.42 Å². The zero-order valence-corrected chi connectivity index (χ0v) is 8.15. The van der Waals surface area contributed by atoms with Gasteiger partial charge in [0.1, 0.15) is 0 Å². The topological polar surface area (TPSA) is 95.2 Å². The highest BCUT2D eigenvalue weighted by molar-refractivity contribution is 5.25. The van der Waals surface area contributed by atoms with Gasteiger partial charge in [0, 0.05) is 0 Å². The van der Waals surface area contributed by atoms with Crippen molar-refractivity contribution in [2.75, 3.05) is 19.1 Å². The van der Waals surface area contributed by atoms with E-state index < -0.39 is 0 Å². The first-order valence-corrected chi connectivity index (χ1v) is 4.19. The molecule has 1 aromatic rings.